The highest BCUT2D eigenvalue weighted by molar-refractivity contribution is 6.31. The van der Waals surface area contributed by atoms with Gasteiger partial charge in [0.25, 0.3) is 11.8 Å². The molecule has 3 aromatic carbocycles. The smallest absolute Gasteiger partial charge is 0.254 e. The summed E-state index contributed by atoms with van der Waals surface area (Å²) in [6.45, 7) is 7.14. The number of rotatable bonds is 6. The summed E-state index contributed by atoms with van der Waals surface area (Å²) >= 11 is 6.17. The van der Waals surface area contributed by atoms with Crippen molar-refractivity contribution in [2.75, 3.05) is 13.1 Å². The largest absolute Gasteiger partial charge is 0.507 e. The fraction of sp³-hybridized carbons (Fsp3) is 0.300. The van der Waals surface area contributed by atoms with E-state index in [2.05, 4.69) is 10.3 Å². The van der Waals surface area contributed by atoms with Crippen LogP contribution >= 0.6 is 11.6 Å². The molecule has 2 heterocycles. The van der Waals surface area contributed by atoms with E-state index in [0.29, 0.717) is 33.9 Å². The molecule has 8 heteroatoms. The molecule has 0 aliphatic carbocycles. The molecule has 1 fully saturated rings. The first-order valence-electron chi connectivity index (χ1n) is 12.8. The molecule has 0 unspecified atom stereocenters. The number of aryl methyl sites for hydroxylation is 3. The lowest BCUT2D eigenvalue weighted by Gasteiger charge is -2.19. The van der Waals surface area contributed by atoms with Crippen LogP contribution in [0, 0.1) is 20.8 Å². The van der Waals surface area contributed by atoms with Gasteiger partial charge in [0.05, 0.1) is 17.1 Å². The summed E-state index contributed by atoms with van der Waals surface area (Å²) in [6, 6.07) is 14.0. The van der Waals surface area contributed by atoms with Crippen LogP contribution in [0.4, 0.5) is 0 Å². The average Bonchev–Trinajstić information content (AvgIpc) is 3.56. The minimum Gasteiger partial charge on any atom is -0.507 e. The van der Waals surface area contributed by atoms with Crippen LogP contribution in [0.1, 0.15) is 67.7 Å². The second kappa shape index (κ2) is 10.5. The Morgan fingerprint density at radius 2 is 1.74 bits per heavy atom. The molecular formula is C30H31ClN4O3. The van der Waals surface area contributed by atoms with Crippen molar-refractivity contribution in [2.24, 2.45) is 0 Å². The minimum atomic E-state index is -0.469. The van der Waals surface area contributed by atoms with Crippen LogP contribution in [0.25, 0.3) is 11.0 Å². The van der Waals surface area contributed by atoms with Crippen molar-refractivity contribution >= 4 is 34.4 Å². The number of H-pyrrole nitrogens is 1. The van der Waals surface area contributed by atoms with Gasteiger partial charge in [-0.05, 0) is 98.7 Å². The molecule has 0 radical (unpaired) electrons. The minimum absolute atomic E-state index is 0.0174. The molecule has 2 amide bonds. The number of amides is 2. The fourth-order valence-corrected chi connectivity index (χ4v) is 5.32. The number of aromatic amines is 1. The van der Waals surface area contributed by atoms with Crippen LogP contribution in [0.2, 0.25) is 5.02 Å². The zero-order chi connectivity index (χ0) is 27.0. The molecule has 1 aromatic heterocycles. The molecule has 38 heavy (non-hydrogen) atoms. The molecule has 7 nitrogen and oxygen atoms in total. The predicted molar refractivity (Wildman–Crippen MR) is 149 cm³/mol. The molecule has 3 N–H and O–H groups in total. The number of hydrogen-bond acceptors (Lipinski definition) is 4. The lowest BCUT2D eigenvalue weighted by atomic mass is 9.99. The van der Waals surface area contributed by atoms with Crippen molar-refractivity contribution in [1.29, 1.82) is 0 Å². The van der Waals surface area contributed by atoms with Gasteiger partial charge in [0.2, 0.25) is 0 Å². The molecule has 0 spiro atoms. The lowest BCUT2D eigenvalue weighted by Crippen LogP contribution is -2.31. The normalized spacial score (nSPS) is 14.2. The first kappa shape index (κ1) is 25.8. The standard InChI is InChI=1S/C30H31ClN4O3/c1-17-14-21(6-8-23(17)30(38)35-10-4-5-11-35)29(37)34-26(15-20-12-18(2)27(36)19(3)13-20)28-32-24-9-7-22(31)16-25(24)33-28/h6-9,12-14,16,26,36H,4-5,10-11,15H2,1-3H3,(H,32,33)(H,34,37)/t26-/m0/s1. The molecule has 1 atom stereocenters. The maximum Gasteiger partial charge on any atom is 0.254 e. The van der Waals surface area contributed by atoms with Gasteiger partial charge in [-0.25, -0.2) is 4.98 Å². The number of nitrogens with one attached hydrogen (secondary N) is 2. The van der Waals surface area contributed by atoms with Crippen LogP contribution in [0.15, 0.2) is 48.5 Å². The summed E-state index contributed by atoms with van der Waals surface area (Å²) < 4.78 is 0. The number of phenolic OH excluding ortho intramolecular Hbond substituents is 1. The van der Waals surface area contributed by atoms with Gasteiger partial charge in [-0.3, -0.25) is 9.59 Å². The summed E-state index contributed by atoms with van der Waals surface area (Å²) in [5.74, 6) is 0.635. The molecule has 0 saturated carbocycles. The van der Waals surface area contributed by atoms with Crippen LogP contribution in [-0.4, -0.2) is 44.9 Å². The Bertz CT molecular complexity index is 1520. The summed E-state index contributed by atoms with van der Waals surface area (Å²) in [6.07, 6.45) is 2.52. The number of benzene rings is 3. The van der Waals surface area contributed by atoms with Crippen molar-refractivity contribution in [2.45, 2.75) is 46.1 Å². The van der Waals surface area contributed by atoms with E-state index in [1.54, 1.807) is 30.3 Å². The summed E-state index contributed by atoms with van der Waals surface area (Å²) in [4.78, 5) is 36.3. The van der Waals surface area contributed by atoms with Gasteiger partial charge in [-0.15, -0.1) is 0 Å². The third-order valence-electron chi connectivity index (χ3n) is 7.20. The second-order valence-corrected chi connectivity index (χ2v) is 10.6. The van der Waals surface area contributed by atoms with Gasteiger partial charge in [-0.1, -0.05) is 23.7 Å². The van der Waals surface area contributed by atoms with Gasteiger partial charge < -0.3 is 20.3 Å². The number of aromatic nitrogens is 2. The van der Waals surface area contributed by atoms with E-state index in [1.165, 1.54) is 0 Å². The van der Waals surface area contributed by atoms with E-state index in [0.717, 1.165) is 53.7 Å². The number of phenols is 1. The zero-order valence-electron chi connectivity index (χ0n) is 21.8. The summed E-state index contributed by atoms with van der Waals surface area (Å²) in [5, 5.41) is 13.9. The monoisotopic (exact) mass is 530 g/mol. The summed E-state index contributed by atoms with van der Waals surface area (Å²) in [7, 11) is 0. The number of halogens is 1. The highest BCUT2D eigenvalue weighted by Gasteiger charge is 2.24. The zero-order valence-corrected chi connectivity index (χ0v) is 22.5. The first-order valence-corrected chi connectivity index (χ1v) is 13.2. The van der Waals surface area contributed by atoms with Crippen LogP contribution in [0.3, 0.4) is 0 Å². The fourth-order valence-electron chi connectivity index (χ4n) is 5.16. The molecule has 1 saturated heterocycles. The second-order valence-electron chi connectivity index (χ2n) is 10.1. The molecule has 0 bridgehead atoms. The summed E-state index contributed by atoms with van der Waals surface area (Å²) in [5.41, 5.74) is 5.92. The van der Waals surface area contributed by atoms with E-state index in [4.69, 9.17) is 16.6 Å². The number of hydrogen-bond donors (Lipinski definition) is 3. The number of likely N-dealkylation sites (tertiary alicyclic amines) is 1. The van der Waals surface area contributed by atoms with E-state index in [9.17, 15) is 14.7 Å². The Morgan fingerprint density at radius 1 is 1.03 bits per heavy atom. The number of nitrogens with zero attached hydrogens (tertiary/aromatic N) is 2. The Morgan fingerprint density at radius 3 is 2.42 bits per heavy atom. The van der Waals surface area contributed by atoms with Gasteiger partial charge in [-0.2, -0.15) is 0 Å². The Kier molecular flexibility index (Phi) is 7.13. The van der Waals surface area contributed by atoms with Crippen molar-refractivity contribution < 1.29 is 14.7 Å². The Balaban J connectivity index is 1.44. The van der Waals surface area contributed by atoms with Gasteiger partial charge >= 0.3 is 0 Å². The van der Waals surface area contributed by atoms with Crippen molar-refractivity contribution in [3.05, 3.63) is 92.8 Å². The van der Waals surface area contributed by atoms with Crippen molar-refractivity contribution in [3.8, 4) is 5.75 Å². The van der Waals surface area contributed by atoms with Gasteiger partial charge in [0.1, 0.15) is 11.6 Å². The molecular weight excluding hydrogens is 500 g/mol. The lowest BCUT2D eigenvalue weighted by molar-refractivity contribution is 0.0791. The number of carbonyl (C=O) groups is 2. The maximum atomic E-state index is 13.5. The Hall–Kier alpha value is -3.84. The van der Waals surface area contributed by atoms with Crippen molar-refractivity contribution in [3.63, 3.8) is 0 Å². The molecule has 5 rings (SSSR count). The number of imidazole rings is 1. The SMILES string of the molecule is Cc1cc(C(=O)N[C@@H](Cc2cc(C)c(O)c(C)c2)c2nc3cc(Cl)ccc3[nH]2)ccc1C(=O)N1CCCC1. The first-order chi connectivity index (χ1) is 18.2. The van der Waals surface area contributed by atoms with Crippen LogP contribution in [-0.2, 0) is 6.42 Å². The molecule has 196 valence electrons. The molecule has 4 aromatic rings. The van der Waals surface area contributed by atoms with Gasteiger partial charge in [0.15, 0.2) is 0 Å². The number of aromatic hydroxyl groups is 1. The van der Waals surface area contributed by atoms with Crippen LogP contribution < -0.4 is 5.32 Å². The quantitative estimate of drug-likeness (QED) is 0.293. The number of fused-ring (bicyclic) bond motifs is 1. The highest BCUT2D eigenvalue weighted by Crippen LogP contribution is 2.27. The topological polar surface area (TPSA) is 98.3 Å². The van der Waals surface area contributed by atoms with Gasteiger partial charge in [0, 0.05) is 29.2 Å². The highest BCUT2D eigenvalue weighted by atomic mass is 35.5. The average molecular weight is 531 g/mol. The number of carbonyl (C=O) groups excluding carboxylic acids is 2. The van der Waals surface area contributed by atoms with E-state index in [1.807, 2.05) is 43.9 Å². The maximum absolute atomic E-state index is 13.5. The van der Waals surface area contributed by atoms with E-state index < -0.39 is 6.04 Å². The van der Waals surface area contributed by atoms with Crippen LogP contribution in [0.5, 0.6) is 5.75 Å². The Labute approximate surface area is 226 Å². The van der Waals surface area contributed by atoms with E-state index >= 15 is 0 Å². The molecule has 1 aliphatic rings. The third kappa shape index (κ3) is 5.24. The van der Waals surface area contributed by atoms with Crippen molar-refractivity contribution in [1.82, 2.24) is 20.2 Å². The predicted octanol–water partition coefficient (Wildman–Crippen LogP) is 5.80. The third-order valence-corrected chi connectivity index (χ3v) is 7.44. The molecule has 1 aliphatic heterocycles. The van der Waals surface area contributed by atoms with E-state index in [-0.39, 0.29) is 17.6 Å².